The molecule has 1 amide bonds. The molecule has 1 heterocycles. The van der Waals surface area contributed by atoms with Crippen LogP contribution in [0, 0.1) is 0 Å². The maximum Gasteiger partial charge on any atom is 0.341 e. The number of thiophene rings is 1. The lowest BCUT2D eigenvalue weighted by Crippen LogP contribution is -2.34. The van der Waals surface area contributed by atoms with Crippen molar-refractivity contribution in [3.05, 3.63) is 16.0 Å². The third kappa shape index (κ3) is 6.00. The molecular formula is C18H24N2O5S2. The zero-order chi connectivity index (χ0) is 19.8. The lowest BCUT2D eigenvalue weighted by Gasteiger charge is -2.13. The van der Waals surface area contributed by atoms with Crippen molar-refractivity contribution in [2.45, 2.75) is 52.4 Å². The van der Waals surface area contributed by atoms with Crippen LogP contribution in [-0.2, 0) is 31.9 Å². The number of aryl methyl sites for hydroxylation is 1. The van der Waals surface area contributed by atoms with Crippen molar-refractivity contribution in [3.8, 4) is 0 Å². The van der Waals surface area contributed by atoms with Crippen LogP contribution in [0.2, 0.25) is 0 Å². The molecule has 0 bridgehead atoms. The number of rotatable bonds is 7. The Morgan fingerprint density at radius 2 is 1.78 bits per heavy atom. The number of ether oxygens (including phenoxy) is 2. The summed E-state index contributed by atoms with van der Waals surface area (Å²) >= 11 is 6.66. The number of fused-ring (bicyclic) bond motifs is 1. The van der Waals surface area contributed by atoms with E-state index in [2.05, 4.69) is 10.6 Å². The first-order chi connectivity index (χ1) is 13.0. The second-order valence-corrected chi connectivity index (χ2v) is 7.46. The van der Waals surface area contributed by atoms with E-state index in [1.54, 1.807) is 13.8 Å². The summed E-state index contributed by atoms with van der Waals surface area (Å²) in [5.41, 5.74) is 1.53. The molecule has 0 radical (unpaired) electrons. The van der Waals surface area contributed by atoms with Crippen molar-refractivity contribution in [2.24, 2.45) is 0 Å². The third-order valence-corrected chi connectivity index (χ3v) is 5.40. The molecule has 2 rings (SSSR count). The first-order valence-electron chi connectivity index (χ1n) is 9.04. The molecule has 2 N–H and O–H groups in total. The molecular weight excluding hydrogens is 388 g/mol. The fraction of sp³-hybridized carbons (Fsp3) is 0.556. The predicted octanol–water partition coefficient (Wildman–Crippen LogP) is 2.96. The molecule has 7 nitrogen and oxygen atoms in total. The van der Waals surface area contributed by atoms with E-state index in [1.807, 2.05) is 0 Å². The first kappa shape index (κ1) is 21.3. The second kappa shape index (κ2) is 10.4. The Kier molecular flexibility index (Phi) is 8.18. The Labute approximate surface area is 167 Å². The smallest absolute Gasteiger partial charge is 0.341 e. The summed E-state index contributed by atoms with van der Waals surface area (Å²) < 4.78 is 9.98. The highest BCUT2D eigenvalue weighted by atomic mass is 32.1. The highest BCUT2D eigenvalue weighted by Crippen LogP contribution is 2.38. The average Bonchev–Trinajstić information content (AvgIpc) is 2.98. The zero-order valence-electron chi connectivity index (χ0n) is 15.5. The third-order valence-electron chi connectivity index (χ3n) is 3.99. The van der Waals surface area contributed by atoms with Crippen LogP contribution in [0.15, 0.2) is 0 Å². The van der Waals surface area contributed by atoms with Gasteiger partial charge in [-0.3, -0.25) is 9.59 Å². The molecule has 0 saturated carbocycles. The summed E-state index contributed by atoms with van der Waals surface area (Å²) in [6.45, 7) is 4.04. The van der Waals surface area contributed by atoms with Gasteiger partial charge in [0, 0.05) is 11.3 Å². The highest BCUT2D eigenvalue weighted by Gasteiger charge is 2.27. The maximum absolute atomic E-state index is 12.4. The Bertz CT molecular complexity index is 730. The van der Waals surface area contributed by atoms with E-state index < -0.39 is 5.97 Å². The largest absolute Gasteiger partial charge is 0.466 e. The normalized spacial score (nSPS) is 12.7. The summed E-state index contributed by atoms with van der Waals surface area (Å²) in [6, 6.07) is 0. The van der Waals surface area contributed by atoms with Gasteiger partial charge in [0.1, 0.15) is 5.00 Å². The summed E-state index contributed by atoms with van der Waals surface area (Å²) in [5, 5.41) is 6.17. The molecule has 9 heteroatoms. The summed E-state index contributed by atoms with van der Waals surface area (Å²) in [6.07, 6.45) is 3.85. The quantitative estimate of drug-likeness (QED) is 0.525. The Morgan fingerprint density at radius 3 is 2.48 bits per heavy atom. The number of carbonyl (C=O) groups excluding carboxylic acids is 3. The van der Waals surface area contributed by atoms with Crippen molar-refractivity contribution in [2.75, 3.05) is 18.5 Å². The Hall–Kier alpha value is -2.00. The van der Waals surface area contributed by atoms with Gasteiger partial charge < -0.3 is 20.1 Å². The van der Waals surface area contributed by atoms with Gasteiger partial charge in [0.15, 0.2) is 5.11 Å². The fourth-order valence-corrected chi connectivity index (χ4v) is 4.41. The SMILES string of the molecule is CCOC(=O)CCC(=O)NC(=S)Nc1sc2c(c1C(=O)OCC)CCCC2. The number of hydrogen-bond donors (Lipinski definition) is 2. The number of hydrogen-bond acceptors (Lipinski definition) is 7. The number of carbonyl (C=O) groups is 3. The lowest BCUT2D eigenvalue weighted by atomic mass is 9.95. The number of esters is 2. The van der Waals surface area contributed by atoms with Crippen molar-refractivity contribution in [1.82, 2.24) is 5.32 Å². The minimum absolute atomic E-state index is 0.0103. The van der Waals surface area contributed by atoms with Gasteiger partial charge in [0.25, 0.3) is 0 Å². The molecule has 148 valence electrons. The monoisotopic (exact) mass is 412 g/mol. The topological polar surface area (TPSA) is 93.7 Å². The standard InChI is InChI=1S/C18H24N2O5S2/c1-3-24-14(22)10-9-13(21)19-18(26)20-16-15(17(23)25-4-2)11-7-5-6-8-12(11)27-16/h3-10H2,1-2H3,(H2,19,20,21,26). The van der Waals surface area contributed by atoms with Crippen LogP contribution in [0.1, 0.15) is 60.3 Å². The van der Waals surface area contributed by atoms with Crippen LogP contribution in [0.3, 0.4) is 0 Å². The van der Waals surface area contributed by atoms with Crippen molar-refractivity contribution in [3.63, 3.8) is 0 Å². The number of amides is 1. The summed E-state index contributed by atoms with van der Waals surface area (Å²) in [5.74, 6) is -1.20. The van der Waals surface area contributed by atoms with E-state index in [0.717, 1.165) is 36.1 Å². The van der Waals surface area contributed by atoms with Gasteiger partial charge in [0.2, 0.25) is 5.91 Å². The van der Waals surface area contributed by atoms with E-state index in [0.29, 0.717) is 10.6 Å². The van der Waals surface area contributed by atoms with E-state index >= 15 is 0 Å². The van der Waals surface area contributed by atoms with Crippen LogP contribution in [0.25, 0.3) is 0 Å². The molecule has 1 aliphatic rings. The highest BCUT2D eigenvalue weighted by molar-refractivity contribution is 7.80. The maximum atomic E-state index is 12.4. The van der Waals surface area contributed by atoms with Crippen LogP contribution in [-0.4, -0.2) is 36.2 Å². The van der Waals surface area contributed by atoms with E-state index in [4.69, 9.17) is 21.7 Å². The van der Waals surface area contributed by atoms with Gasteiger partial charge in [-0.1, -0.05) is 0 Å². The molecule has 0 spiro atoms. The molecule has 27 heavy (non-hydrogen) atoms. The minimum Gasteiger partial charge on any atom is -0.466 e. The number of thiocarbonyl (C=S) groups is 1. The fourth-order valence-electron chi connectivity index (χ4n) is 2.85. The van der Waals surface area contributed by atoms with Crippen molar-refractivity contribution in [1.29, 1.82) is 0 Å². The van der Waals surface area contributed by atoms with Crippen LogP contribution in [0.5, 0.6) is 0 Å². The van der Waals surface area contributed by atoms with Crippen LogP contribution >= 0.6 is 23.6 Å². The van der Waals surface area contributed by atoms with Gasteiger partial charge in [-0.2, -0.15) is 0 Å². The van der Waals surface area contributed by atoms with Crippen LogP contribution < -0.4 is 10.6 Å². The minimum atomic E-state index is -0.429. The second-order valence-electron chi connectivity index (χ2n) is 5.94. The zero-order valence-corrected chi connectivity index (χ0v) is 17.1. The Morgan fingerprint density at radius 1 is 1.07 bits per heavy atom. The molecule has 0 aromatic carbocycles. The van der Waals surface area contributed by atoms with Gasteiger partial charge in [-0.05, 0) is 57.3 Å². The lowest BCUT2D eigenvalue weighted by molar-refractivity contribution is -0.144. The molecule has 1 aromatic heterocycles. The van der Waals surface area contributed by atoms with Gasteiger partial charge >= 0.3 is 11.9 Å². The molecule has 0 saturated heterocycles. The van der Waals surface area contributed by atoms with E-state index in [1.165, 1.54) is 11.3 Å². The predicted molar refractivity (Wildman–Crippen MR) is 107 cm³/mol. The van der Waals surface area contributed by atoms with E-state index in [-0.39, 0.29) is 43.0 Å². The van der Waals surface area contributed by atoms with Crippen LogP contribution in [0.4, 0.5) is 5.00 Å². The van der Waals surface area contributed by atoms with Gasteiger partial charge in [0.05, 0.1) is 25.2 Å². The van der Waals surface area contributed by atoms with Gasteiger partial charge in [-0.25, -0.2) is 4.79 Å². The summed E-state index contributed by atoms with van der Waals surface area (Å²) in [4.78, 5) is 36.8. The van der Waals surface area contributed by atoms with Crippen molar-refractivity contribution < 1.29 is 23.9 Å². The molecule has 0 unspecified atom stereocenters. The number of nitrogens with one attached hydrogen (secondary N) is 2. The number of anilines is 1. The molecule has 0 aliphatic heterocycles. The molecule has 1 aliphatic carbocycles. The van der Waals surface area contributed by atoms with Crippen molar-refractivity contribution >= 4 is 51.5 Å². The summed E-state index contributed by atoms with van der Waals surface area (Å²) in [7, 11) is 0. The Balaban J connectivity index is 2.02. The molecule has 0 atom stereocenters. The molecule has 0 fully saturated rings. The van der Waals surface area contributed by atoms with E-state index in [9.17, 15) is 14.4 Å². The average molecular weight is 413 g/mol. The van der Waals surface area contributed by atoms with Gasteiger partial charge in [-0.15, -0.1) is 11.3 Å². The first-order valence-corrected chi connectivity index (χ1v) is 10.3. The molecule has 1 aromatic rings.